The van der Waals surface area contributed by atoms with Crippen molar-refractivity contribution in [2.45, 2.75) is 90.4 Å². The summed E-state index contributed by atoms with van der Waals surface area (Å²) in [7, 11) is 1.84. The fourth-order valence-corrected chi connectivity index (χ4v) is 4.90. The molecule has 3 nitrogen and oxygen atoms in total. The van der Waals surface area contributed by atoms with E-state index >= 15 is 0 Å². The molecule has 0 saturated heterocycles. The first-order valence-electron chi connectivity index (χ1n) is 11.4. The molecular weight excluding hydrogens is 336 g/mol. The molecule has 27 heavy (non-hydrogen) atoms. The van der Waals surface area contributed by atoms with Crippen LogP contribution in [-0.2, 0) is 9.53 Å². The quantitative estimate of drug-likeness (QED) is 0.289. The Morgan fingerprint density at radius 3 is 1.85 bits per heavy atom. The van der Waals surface area contributed by atoms with E-state index in [-0.39, 0.29) is 12.2 Å². The summed E-state index contributed by atoms with van der Waals surface area (Å²) in [6.07, 6.45) is 19.8. The van der Waals surface area contributed by atoms with Crippen LogP contribution in [0.1, 0.15) is 90.4 Å². The first-order valence-corrected chi connectivity index (χ1v) is 11.4. The highest BCUT2D eigenvalue weighted by molar-refractivity contribution is 5.72. The van der Waals surface area contributed by atoms with E-state index in [2.05, 4.69) is 13.5 Å². The molecule has 0 radical (unpaired) electrons. The lowest BCUT2D eigenvalue weighted by Gasteiger charge is -2.38. The van der Waals surface area contributed by atoms with Gasteiger partial charge in [0.25, 0.3) is 0 Å². The molecule has 0 aromatic heterocycles. The van der Waals surface area contributed by atoms with Gasteiger partial charge in [-0.25, -0.2) is 0 Å². The van der Waals surface area contributed by atoms with Crippen LogP contribution < -0.4 is 0 Å². The van der Waals surface area contributed by atoms with E-state index in [4.69, 9.17) is 9.84 Å². The van der Waals surface area contributed by atoms with Gasteiger partial charge in [0.2, 0.25) is 0 Å². The molecule has 0 atom stereocenters. The SMILES string of the molecule is C=C(C=O)CO.CCCCCC1CCC(C2CCC(CCOC)CC2)CC1. The fraction of sp³-hybridized carbons (Fsp3) is 0.875. The molecule has 158 valence electrons. The van der Waals surface area contributed by atoms with Crippen LogP contribution in [0, 0.1) is 23.7 Å². The summed E-state index contributed by atoms with van der Waals surface area (Å²) in [6.45, 7) is 6.23. The number of hydrogen-bond acceptors (Lipinski definition) is 3. The van der Waals surface area contributed by atoms with Gasteiger partial charge < -0.3 is 9.84 Å². The number of rotatable bonds is 10. The number of aliphatic hydroxyl groups is 1. The van der Waals surface area contributed by atoms with Crippen molar-refractivity contribution >= 4 is 6.29 Å². The highest BCUT2D eigenvalue weighted by atomic mass is 16.5. The fourth-order valence-electron chi connectivity index (χ4n) is 4.90. The second-order valence-corrected chi connectivity index (χ2v) is 8.77. The zero-order valence-electron chi connectivity index (χ0n) is 18.0. The summed E-state index contributed by atoms with van der Waals surface area (Å²) >= 11 is 0. The maximum absolute atomic E-state index is 9.48. The third-order valence-corrected chi connectivity index (χ3v) is 6.77. The normalized spacial score (nSPS) is 28.1. The molecule has 0 unspecified atom stereocenters. The van der Waals surface area contributed by atoms with Gasteiger partial charge in [-0.15, -0.1) is 0 Å². The Morgan fingerprint density at radius 1 is 0.963 bits per heavy atom. The number of hydrogen-bond donors (Lipinski definition) is 1. The van der Waals surface area contributed by atoms with E-state index in [9.17, 15) is 4.79 Å². The van der Waals surface area contributed by atoms with Crippen LogP contribution in [0.5, 0.6) is 0 Å². The topological polar surface area (TPSA) is 46.5 Å². The maximum Gasteiger partial charge on any atom is 0.147 e. The second kappa shape index (κ2) is 15.3. The number of unbranched alkanes of at least 4 members (excludes halogenated alkanes) is 2. The molecule has 0 bridgehead atoms. The first kappa shape index (κ1) is 24.4. The van der Waals surface area contributed by atoms with Crippen molar-refractivity contribution in [2.24, 2.45) is 23.7 Å². The Labute approximate surface area is 168 Å². The van der Waals surface area contributed by atoms with Gasteiger partial charge in [-0.05, 0) is 55.8 Å². The molecule has 0 aliphatic heterocycles. The zero-order chi connectivity index (χ0) is 19.9. The third-order valence-electron chi connectivity index (χ3n) is 6.77. The Bertz CT molecular complexity index is 377. The monoisotopic (exact) mass is 380 g/mol. The lowest BCUT2D eigenvalue weighted by molar-refractivity contribution is -0.105. The highest BCUT2D eigenvalue weighted by Gasteiger charge is 2.30. The van der Waals surface area contributed by atoms with Crippen molar-refractivity contribution < 1.29 is 14.6 Å². The second-order valence-electron chi connectivity index (χ2n) is 8.77. The number of carbonyl (C=O) groups is 1. The molecule has 0 aromatic carbocycles. The van der Waals surface area contributed by atoms with Crippen LogP contribution >= 0.6 is 0 Å². The van der Waals surface area contributed by atoms with Crippen LogP contribution in [0.4, 0.5) is 0 Å². The molecule has 0 heterocycles. The third kappa shape index (κ3) is 10.4. The maximum atomic E-state index is 9.48. The Kier molecular flexibility index (Phi) is 13.8. The van der Waals surface area contributed by atoms with Gasteiger partial charge in [-0.1, -0.05) is 64.9 Å². The summed E-state index contributed by atoms with van der Waals surface area (Å²) in [4.78, 5) is 9.48. The first-order chi connectivity index (χ1) is 13.1. The summed E-state index contributed by atoms with van der Waals surface area (Å²) < 4.78 is 5.24. The lowest BCUT2D eigenvalue weighted by Crippen LogP contribution is -2.26. The predicted molar refractivity (Wildman–Crippen MR) is 114 cm³/mol. The van der Waals surface area contributed by atoms with E-state index in [0.717, 1.165) is 30.3 Å². The van der Waals surface area contributed by atoms with Gasteiger partial charge in [0.1, 0.15) is 6.29 Å². The minimum absolute atomic E-state index is 0.218. The number of aliphatic hydroxyl groups excluding tert-OH is 1. The molecule has 2 aliphatic rings. The van der Waals surface area contributed by atoms with Crippen molar-refractivity contribution in [1.29, 1.82) is 0 Å². The van der Waals surface area contributed by atoms with Gasteiger partial charge in [0.15, 0.2) is 0 Å². The molecule has 3 heteroatoms. The van der Waals surface area contributed by atoms with Gasteiger partial charge in [0, 0.05) is 19.3 Å². The van der Waals surface area contributed by atoms with Crippen LogP contribution in [0.15, 0.2) is 12.2 Å². The van der Waals surface area contributed by atoms with Crippen LogP contribution in [0.3, 0.4) is 0 Å². The van der Waals surface area contributed by atoms with E-state index in [1.807, 2.05) is 7.11 Å². The van der Waals surface area contributed by atoms with Crippen molar-refractivity contribution in [3.63, 3.8) is 0 Å². The van der Waals surface area contributed by atoms with Gasteiger partial charge in [0.05, 0.1) is 6.61 Å². The van der Waals surface area contributed by atoms with Crippen LogP contribution in [-0.4, -0.2) is 31.7 Å². The molecule has 2 saturated carbocycles. The van der Waals surface area contributed by atoms with Crippen LogP contribution in [0.25, 0.3) is 0 Å². The molecule has 0 spiro atoms. The Morgan fingerprint density at radius 2 is 1.48 bits per heavy atom. The predicted octanol–water partition coefficient (Wildman–Crippen LogP) is 5.95. The molecule has 0 amide bonds. The minimum Gasteiger partial charge on any atom is -0.392 e. The van der Waals surface area contributed by atoms with Crippen LogP contribution in [0.2, 0.25) is 0 Å². The standard InChI is InChI=1S/C20H38O.C4H6O2/c1-3-4-5-6-17-7-11-19(12-8-17)20-13-9-18(10-14-20)15-16-21-2;1-4(2-5)3-6/h17-20H,3-16H2,1-2H3;2,6H,1,3H2. The molecular formula is C24H44O3. The van der Waals surface area contributed by atoms with Gasteiger partial charge in [-0.3, -0.25) is 4.79 Å². The summed E-state index contributed by atoms with van der Waals surface area (Å²) in [5.41, 5.74) is 0.218. The Balaban J connectivity index is 0.000000527. The molecule has 2 fully saturated rings. The molecule has 2 rings (SSSR count). The summed E-state index contributed by atoms with van der Waals surface area (Å²) in [5, 5.41) is 8.00. The van der Waals surface area contributed by atoms with Crippen molar-refractivity contribution in [3.05, 3.63) is 12.2 Å². The average Bonchev–Trinajstić information content (AvgIpc) is 2.73. The lowest BCUT2D eigenvalue weighted by atomic mass is 9.68. The number of ether oxygens (including phenoxy) is 1. The molecule has 0 aromatic rings. The minimum atomic E-state index is -0.233. The summed E-state index contributed by atoms with van der Waals surface area (Å²) in [6, 6.07) is 0. The van der Waals surface area contributed by atoms with Crippen molar-refractivity contribution in [1.82, 2.24) is 0 Å². The Hall–Kier alpha value is -0.670. The molecule has 2 aliphatic carbocycles. The van der Waals surface area contributed by atoms with Gasteiger partial charge >= 0.3 is 0 Å². The van der Waals surface area contributed by atoms with Crippen molar-refractivity contribution in [3.8, 4) is 0 Å². The summed E-state index contributed by atoms with van der Waals surface area (Å²) in [5.74, 6) is 4.19. The largest absolute Gasteiger partial charge is 0.392 e. The van der Waals surface area contributed by atoms with Crippen molar-refractivity contribution in [2.75, 3.05) is 20.3 Å². The highest BCUT2D eigenvalue weighted by Crippen LogP contribution is 2.42. The van der Waals surface area contributed by atoms with E-state index < -0.39 is 0 Å². The van der Waals surface area contributed by atoms with Gasteiger partial charge in [-0.2, -0.15) is 0 Å². The number of aldehydes is 1. The average molecular weight is 381 g/mol. The zero-order valence-corrected chi connectivity index (χ0v) is 18.0. The molecule has 1 N–H and O–H groups in total. The smallest absolute Gasteiger partial charge is 0.147 e. The number of methoxy groups -OCH3 is 1. The van der Waals surface area contributed by atoms with E-state index in [1.54, 1.807) is 12.8 Å². The van der Waals surface area contributed by atoms with E-state index in [1.165, 1.54) is 70.6 Å². The number of carbonyl (C=O) groups excluding carboxylic acids is 1. The van der Waals surface area contributed by atoms with E-state index in [0.29, 0.717) is 6.29 Å².